The third-order valence-corrected chi connectivity index (χ3v) is 13.9. The summed E-state index contributed by atoms with van der Waals surface area (Å²) in [6.07, 6.45) is 2.24. The number of anilines is 3. The van der Waals surface area contributed by atoms with Gasteiger partial charge in [-0.2, -0.15) is 0 Å². The second-order valence-corrected chi connectivity index (χ2v) is 17.5. The van der Waals surface area contributed by atoms with Gasteiger partial charge < -0.3 is 10.2 Å². The van der Waals surface area contributed by atoms with Crippen LogP contribution in [0.25, 0.3) is 49.9 Å². The van der Waals surface area contributed by atoms with Gasteiger partial charge in [-0.3, -0.25) is 0 Å². The summed E-state index contributed by atoms with van der Waals surface area (Å²) in [6.45, 7) is 0. The van der Waals surface area contributed by atoms with Crippen LogP contribution in [0.5, 0.6) is 0 Å². The Balaban J connectivity index is 0.910. The minimum Gasteiger partial charge on any atom is -0.359 e. The molecule has 1 spiro atoms. The van der Waals surface area contributed by atoms with Gasteiger partial charge in [-0.05, 0) is 127 Å². The number of nitrogens with one attached hydrogen (secondary N) is 1. The van der Waals surface area contributed by atoms with Gasteiger partial charge in [0, 0.05) is 16.8 Å². The van der Waals surface area contributed by atoms with Crippen molar-refractivity contribution in [2.24, 2.45) is 4.99 Å². The molecule has 1 atom stereocenters. The van der Waals surface area contributed by atoms with Crippen LogP contribution >= 0.6 is 0 Å². The van der Waals surface area contributed by atoms with E-state index in [0.717, 1.165) is 39.5 Å². The standard InChI is InChI=1S/C63H43N3/c1-4-17-44(18-5-1)58-41-59(65-62(64-58)45-19-6-2-7-20-45)50-24-16-23-46(37-50)42-31-33-43(34-32-42)49-35-36-54-52(39-49)53-38-47-21-10-11-22-48(47)40-57(53)63(54)55-27-12-14-29-60(55)66(51-25-8-3-9-26-51)61-30-15-13-28-56(61)63/h1-41,58H,(H,64,65). The van der Waals surface area contributed by atoms with E-state index in [2.05, 4.69) is 253 Å². The highest BCUT2D eigenvalue weighted by Crippen LogP contribution is 2.64. The number of hydrogen-bond donors (Lipinski definition) is 1. The monoisotopic (exact) mass is 841 g/mol. The number of amidine groups is 1. The number of rotatable bonds is 6. The zero-order valence-corrected chi connectivity index (χ0v) is 36.1. The summed E-state index contributed by atoms with van der Waals surface area (Å²) in [5, 5.41) is 6.19. The van der Waals surface area contributed by atoms with Gasteiger partial charge in [0.25, 0.3) is 0 Å². The Hall–Kier alpha value is -8.53. The maximum atomic E-state index is 5.19. The minimum atomic E-state index is -0.516. The van der Waals surface area contributed by atoms with Crippen LogP contribution in [0.2, 0.25) is 0 Å². The van der Waals surface area contributed by atoms with Gasteiger partial charge in [-0.15, -0.1) is 0 Å². The van der Waals surface area contributed by atoms with Crippen molar-refractivity contribution in [3.63, 3.8) is 0 Å². The van der Waals surface area contributed by atoms with E-state index in [0.29, 0.717) is 0 Å². The molecule has 66 heavy (non-hydrogen) atoms. The van der Waals surface area contributed by atoms with Gasteiger partial charge in [-0.1, -0.05) is 194 Å². The lowest BCUT2D eigenvalue weighted by Gasteiger charge is -2.45. The van der Waals surface area contributed by atoms with Crippen molar-refractivity contribution in [2.75, 3.05) is 4.90 Å². The second-order valence-electron chi connectivity index (χ2n) is 17.5. The zero-order chi connectivity index (χ0) is 43.6. The van der Waals surface area contributed by atoms with Crippen LogP contribution in [0.1, 0.15) is 45.0 Å². The first kappa shape index (κ1) is 38.0. The Labute approximate surface area is 385 Å². The maximum Gasteiger partial charge on any atom is 0.134 e. The Morgan fingerprint density at radius 2 is 0.909 bits per heavy atom. The first-order chi connectivity index (χ1) is 32.7. The molecule has 0 saturated carbocycles. The average Bonchev–Trinajstić information content (AvgIpc) is 3.67. The molecule has 0 bridgehead atoms. The van der Waals surface area contributed by atoms with Gasteiger partial charge in [0.15, 0.2) is 0 Å². The van der Waals surface area contributed by atoms with E-state index in [9.17, 15) is 0 Å². The van der Waals surface area contributed by atoms with Crippen LogP contribution < -0.4 is 10.2 Å². The molecule has 0 aromatic heterocycles. The van der Waals surface area contributed by atoms with Crippen molar-refractivity contribution in [2.45, 2.75) is 11.5 Å². The van der Waals surface area contributed by atoms with Crippen molar-refractivity contribution < 1.29 is 0 Å². The molecule has 1 N–H and O–H groups in total. The van der Waals surface area contributed by atoms with Crippen molar-refractivity contribution in [3.8, 4) is 33.4 Å². The Morgan fingerprint density at radius 3 is 1.61 bits per heavy atom. The van der Waals surface area contributed by atoms with E-state index in [1.165, 1.54) is 72.2 Å². The van der Waals surface area contributed by atoms with E-state index < -0.39 is 5.41 Å². The molecule has 1 aliphatic carbocycles. The number of aliphatic imine (C=N–C) groups is 1. The number of nitrogens with zero attached hydrogens (tertiary/aromatic N) is 2. The molecule has 3 nitrogen and oxygen atoms in total. The predicted molar refractivity (Wildman–Crippen MR) is 274 cm³/mol. The first-order valence-corrected chi connectivity index (χ1v) is 22.8. The molecule has 0 saturated heterocycles. The highest BCUT2D eigenvalue weighted by Gasteiger charge is 2.51. The summed E-state index contributed by atoms with van der Waals surface area (Å²) in [5.41, 5.74) is 19.9. The van der Waals surface area contributed by atoms with Crippen LogP contribution in [0, 0.1) is 0 Å². The van der Waals surface area contributed by atoms with Crippen LogP contribution in [-0.4, -0.2) is 5.84 Å². The van der Waals surface area contributed by atoms with E-state index in [1.54, 1.807) is 0 Å². The predicted octanol–water partition coefficient (Wildman–Crippen LogP) is 15.5. The number of fused-ring (bicyclic) bond motifs is 10. The van der Waals surface area contributed by atoms with Crippen molar-refractivity contribution in [1.82, 2.24) is 5.32 Å². The van der Waals surface area contributed by atoms with E-state index in [-0.39, 0.29) is 6.04 Å². The number of para-hydroxylation sites is 3. The topological polar surface area (TPSA) is 27.6 Å². The molecular formula is C63H43N3. The van der Waals surface area contributed by atoms with Crippen LogP contribution in [0.3, 0.4) is 0 Å². The first-order valence-electron chi connectivity index (χ1n) is 22.8. The fourth-order valence-corrected chi connectivity index (χ4v) is 10.9. The maximum absolute atomic E-state index is 5.19. The Kier molecular flexibility index (Phi) is 8.82. The molecule has 2 aliphatic heterocycles. The van der Waals surface area contributed by atoms with Gasteiger partial charge in [0.2, 0.25) is 0 Å². The molecule has 0 amide bonds. The normalized spacial score (nSPS) is 15.2. The molecule has 3 aliphatic rings. The summed E-state index contributed by atoms with van der Waals surface area (Å²) in [5.74, 6) is 0.874. The fraction of sp³-hybridized carbons (Fsp3) is 0.0317. The molecule has 0 radical (unpaired) electrons. The van der Waals surface area contributed by atoms with Crippen molar-refractivity contribution >= 4 is 39.4 Å². The summed E-state index contributed by atoms with van der Waals surface area (Å²) in [7, 11) is 0. The average molecular weight is 842 g/mol. The van der Waals surface area contributed by atoms with Crippen LogP contribution in [-0.2, 0) is 5.41 Å². The van der Waals surface area contributed by atoms with Crippen molar-refractivity contribution in [1.29, 1.82) is 0 Å². The van der Waals surface area contributed by atoms with Gasteiger partial charge in [0.1, 0.15) is 5.84 Å². The second kappa shape index (κ2) is 15.3. The third kappa shape index (κ3) is 6.01. The lowest BCUT2D eigenvalue weighted by molar-refractivity contribution is 0.753. The number of hydrogen-bond acceptors (Lipinski definition) is 3. The lowest BCUT2D eigenvalue weighted by Crippen LogP contribution is -2.36. The summed E-state index contributed by atoms with van der Waals surface area (Å²) in [4.78, 5) is 7.63. The zero-order valence-electron chi connectivity index (χ0n) is 36.1. The van der Waals surface area contributed by atoms with E-state index in [1.807, 2.05) is 6.07 Å². The minimum absolute atomic E-state index is 0.00341. The quantitative estimate of drug-likeness (QED) is 0.181. The van der Waals surface area contributed by atoms with Gasteiger partial charge in [0.05, 0.1) is 28.5 Å². The third-order valence-electron chi connectivity index (χ3n) is 13.9. The molecule has 3 heteroatoms. The molecule has 0 fully saturated rings. The van der Waals surface area contributed by atoms with Crippen molar-refractivity contribution in [3.05, 3.63) is 288 Å². The van der Waals surface area contributed by atoms with E-state index in [4.69, 9.17) is 4.99 Å². The molecule has 2 heterocycles. The summed E-state index contributed by atoms with van der Waals surface area (Å²) >= 11 is 0. The van der Waals surface area contributed by atoms with Gasteiger partial charge in [-0.25, -0.2) is 4.99 Å². The highest BCUT2D eigenvalue weighted by atomic mass is 15.2. The smallest absolute Gasteiger partial charge is 0.134 e. The molecule has 10 aromatic carbocycles. The molecule has 13 rings (SSSR count). The Bertz CT molecular complexity index is 3510. The van der Waals surface area contributed by atoms with Crippen LogP contribution in [0.4, 0.5) is 17.1 Å². The summed E-state index contributed by atoms with van der Waals surface area (Å²) < 4.78 is 0. The molecule has 310 valence electrons. The Morgan fingerprint density at radius 1 is 0.379 bits per heavy atom. The number of benzene rings is 10. The largest absolute Gasteiger partial charge is 0.359 e. The SMILES string of the molecule is C1=C(c2cccc(-c3ccc(-c4ccc5c(c4)-c4cc6ccccc6cc4C54c5ccccc5N(c5ccccc5)c5ccccc54)cc3)c2)N=C(c2ccccc2)NC1c1ccccc1. The lowest BCUT2D eigenvalue weighted by atomic mass is 9.64. The van der Waals surface area contributed by atoms with E-state index >= 15 is 0 Å². The summed E-state index contributed by atoms with van der Waals surface area (Å²) in [6, 6.07) is 88.6. The fourth-order valence-electron chi connectivity index (χ4n) is 10.9. The molecule has 1 unspecified atom stereocenters. The highest BCUT2D eigenvalue weighted by molar-refractivity contribution is 6.04. The van der Waals surface area contributed by atoms with Gasteiger partial charge >= 0.3 is 0 Å². The molecule has 10 aromatic rings. The molecular weight excluding hydrogens is 799 g/mol. The van der Waals surface area contributed by atoms with Crippen LogP contribution in [0.15, 0.2) is 254 Å².